The molecule has 0 amide bonds. The Labute approximate surface area is 172 Å². The van der Waals surface area contributed by atoms with Crippen molar-refractivity contribution in [1.82, 2.24) is 4.31 Å². The van der Waals surface area contributed by atoms with Gasteiger partial charge in [0.2, 0.25) is 10.0 Å². The van der Waals surface area contributed by atoms with Crippen LogP contribution in [-0.4, -0.2) is 25.8 Å². The fraction of sp³-hybridized carbons (Fsp3) is 0.368. The summed E-state index contributed by atoms with van der Waals surface area (Å²) in [5, 5.41) is 0.506. The molecule has 1 saturated heterocycles. The van der Waals surface area contributed by atoms with Crippen molar-refractivity contribution in [3.05, 3.63) is 63.6 Å². The van der Waals surface area contributed by atoms with Crippen molar-refractivity contribution < 1.29 is 21.6 Å². The lowest BCUT2D eigenvalue weighted by Gasteiger charge is -2.31. The second kappa shape index (κ2) is 8.22. The smallest absolute Gasteiger partial charge is 0.207 e. The number of hydrogen-bond acceptors (Lipinski definition) is 2. The molecule has 0 unspecified atom stereocenters. The Kier molecular flexibility index (Phi) is 6.29. The Balaban J connectivity index is 1.62. The van der Waals surface area contributed by atoms with E-state index in [1.54, 1.807) is 0 Å². The Bertz CT molecular complexity index is 918. The van der Waals surface area contributed by atoms with E-state index in [4.69, 9.17) is 23.2 Å². The zero-order valence-electron chi connectivity index (χ0n) is 14.7. The maximum absolute atomic E-state index is 12.8. The number of benzene rings is 2. The average Bonchev–Trinajstić information content (AvgIpc) is 2.61. The molecule has 2 aromatic carbocycles. The third kappa shape index (κ3) is 5.00. The van der Waals surface area contributed by atoms with Crippen LogP contribution < -0.4 is 0 Å². The van der Waals surface area contributed by atoms with Gasteiger partial charge in [-0.15, -0.1) is 0 Å². The molecule has 3 nitrogen and oxygen atoms in total. The SMILES string of the molecule is O=S(=O)(c1cc(Cl)cc(Cl)c1)N1CCC(Cc2ccc(C(F)(F)F)cc2)CC1. The molecule has 3 rings (SSSR count). The van der Waals surface area contributed by atoms with Gasteiger partial charge in [-0.25, -0.2) is 8.42 Å². The van der Waals surface area contributed by atoms with Crippen molar-refractivity contribution in [3.8, 4) is 0 Å². The van der Waals surface area contributed by atoms with Gasteiger partial charge in [-0.3, -0.25) is 0 Å². The zero-order chi connectivity index (χ0) is 20.5. The molecule has 0 saturated carbocycles. The van der Waals surface area contributed by atoms with Gasteiger partial charge in [0.15, 0.2) is 0 Å². The second-order valence-corrected chi connectivity index (χ2v) is 9.66. The summed E-state index contributed by atoms with van der Waals surface area (Å²) in [5.41, 5.74) is 0.147. The molecule has 28 heavy (non-hydrogen) atoms. The predicted molar refractivity (Wildman–Crippen MR) is 103 cm³/mol. The van der Waals surface area contributed by atoms with Crippen LogP contribution in [0.15, 0.2) is 47.4 Å². The molecule has 152 valence electrons. The summed E-state index contributed by atoms with van der Waals surface area (Å²) in [6.45, 7) is 0.690. The largest absolute Gasteiger partial charge is 0.416 e. The molecule has 0 radical (unpaired) electrons. The minimum absolute atomic E-state index is 0.0613. The van der Waals surface area contributed by atoms with E-state index in [2.05, 4.69) is 0 Å². The number of piperidine rings is 1. The quantitative estimate of drug-likeness (QED) is 0.601. The fourth-order valence-corrected chi connectivity index (χ4v) is 5.54. The van der Waals surface area contributed by atoms with Crippen molar-refractivity contribution in [2.45, 2.75) is 30.3 Å². The summed E-state index contributed by atoms with van der Waals surface area (Å²) >= 11 is 11.8. The van der Waals surface area contributed by atoms with Crippen LogP contribution in [0.4, 0.5) is 13.2 Å². The molecular formula is C19H18Cl2F3NO2S. The lowest BCUT2D eigenvalue weighted by Crippen LogP contribution is -2.38. The lowest BCUT2D eigenvalue weighted by molar-refractivity contribution is -0.137. The van der Waals surface area contributed by atoms with Gasteiger partial charge in [-0.1, -0.05) is 35.3 Å². The molecule has 0 bridgehead atoms. The molecule has 0 spiro atoms. The number of nitrogens with zero attached hydrogens (tertiary/aromatic N) is 1. The van der Waals surface area contributed by atoms with Crippen molar-refractivity contribution in [1.29, 1.82) is 0 Å². The third-order valence-electron chi connectivity index (χ3n) is 4.85. The average molecular weight is 452 g/mol. The Morgan fingerprint density at radius 2 is 1.50 bits per heavy atom. The van der Waals surface area contributed by atoms with Crippen LogP contribution in [-0.2, 0) is 22.6 Å². The number of sulfonamides is 1. The number of rotatable bonds is 4. The molecule has 2 aromatic rings. The Hall–Kier alpha value is -1.28. The first-order chi connectivity index (χ1) is 13.1. The molecule has 0 N–H and O–H groups in total. The molecule has 1 aliphatic rings. The van der Waals surface area contributed by atoms with Crippen molar-refractivity contribution in [2.24, 2.45) is 5.92 Å². The summed E-state index contributed by atoms with van der Waals surface area (Å²) in [5.74, 6) is 0.214. The second-order valence-electron chi connectivity index (χ2n) is 6.85. The Morgan fingerprint density at radius 3 is 2.00 bits per heavy atom. The molecule has 1 fully saturated rings. The minimum atomic E-state index is -4.35. The van der Waals surface area contributed by atoms with Crippen molar-refractivity contribution >= 4 is 33.2 Å². The van der Waals surface area contributed by atoms with Gasteiger partial charge in [0.05, 0.1) is 10.5 Å². The van der Waals surface area contributed by atoms with E-state index in [9.17, 15) is 21.6 Å². The van der Waals surface area contributed by atoms with E-state index in [0.717, 1.165) is 17.7 Å². The molecule has 1 aliphatic heterocycles. The van der Waals surface area contributed by atoms with Gasteiger partial charge in [-0.2, -0.15) is 17.5 Å². The topological polar surface area (TPSA) is 37.4 Å². The highest BCUT2D eigenvalue weighted by atomic mass is 35.5. The predicted octanol–water partition coefficient (Wildman–Crippen LogP) is 5.66. The van der Waals surface area contributed by atoms with Gasteiger partial charge >= 0.3 is 6.18 Å². The molecule has 1 heterocycles. The van der Waals surface area contributed by atoms with Gasteiger partial charge in [0, 0.05) is 23.1 Å². The van der Waals surface area contributed by atoms with Crippen molar-refractivity contribution in [2.75, 3.05) is 13.1 Å². The first-order valence-electron chi connectivity index (χ1n) is 8.68. The summed E-state index contributed by atoms with van der Waals surface area (Å²) in [4.78, 5) is 0.0613. The van der Waals surface area contributed by atoms with Crippen LogP contribution in [0.1, 0.15) is 24.0 Å². The van der Waals surface area contributed by atoms with Crippen LogP contribution in [0.2, 0.25) is 10.0 Å². The highest BCUT2D eigenvalue weighted by Gasteiger charge is 2.31. The van der Waals surface area contributed by atoms with E-state index in [-0.39, 0.29) is 20.9 Å². The summed E-state index contributed by atoms with van der Waals surface area (Å²) in [6.07, 6.45) is -2.46. The maximum Gasteiger partial charge on any atom is 0.416 e. The number of alkyl halides is 3. The molecule has 9 heteroatoms. The molecule has 0 aromatic heterocycles. The standard InChI is InChI=1S/C19H18Cl2F3NO2S/c20-16-10-17(21)12-18(11-16)28(26,27)25-7-5-14(6-8-25)9-13-1-3-15(4-2-13)19(22,23)24/h1-4,10-12,14H,5-9H2. The van der Waals surface area contributed by atoms with Crippen LogP contribution in [0.5, 0.6) is 0 Å². The summed E-state index contributed by atoms with van der Waals surface area (Å²) < 4.78 is 64.9. The first kappa shape index (κ1) is 21.4. The van der Waals surface area contributed by atoms with E-state index >= 15 is 0 Å². The Morgan fingerprint density at radius 1 is 0.964 bits per heavy atom. The van der Waals surface area contributed by atoms with Crippen LogP contribution in [0.25, 0.3) is 0 Å². The zero-order valence-corrected chi connectivity index (χ0v) is 17.0. The highest BCUT2D eigenvalue weighted by Crippen LogP contribution is 2.31. The highest BCUT2D eigenvalue weighted by molar-refractivity contribution is 7.89. The summed E-state index contributed by atoms with van der Waals surface area (Å²) in [6, 6.07) is 9.35. The van der Waals surface area contributed by atoms with Gasteiger partial charge in [0.1, 0.15) is 0 Å². The van der Waals surface area contributed by atoms with Gasteiger partial charge in [0.25, 0.3) is 0 Å². The van der Waals surface area contributed by atoms with Crippen LogP contribution in [0, 0.1) is 5.92 Å². The van der Waals surface area contributed by atoms with E-state index < -0.39 is 21.8 Å². The van der Waals surface area contributed by atoms with Gasteiger partial charge in [-0.05, 0) is 61.1 Å². The van der Waals surface area contributed by atoms with E-state index in [1.807, 2.05) is 0 Å². The summed E-state index contributed by atoms with van der Waals surface area (Å²) in [7, 11) is -3.69. The fourth-order valence-electron chi connectivity index (χ4n) is 3.34. The first-order valence-corrected chi connectivity index (χ1v) is 10.9. The van der Waals surface area contributed by atoms with Gasteiger partial charge < -0.3 is 0 Å². The van der Waals surface area contributed by atoms with E-state index in [0.29, 0.717) is 32.4 Å². The molecule has 0 aliphatic carbocycles. The number of hydrogen-bond donors (Lipinski definition) is 0. The maximum atomic E-state index is 12.8. The molecule has 0 atom stereocenters. The van der Waals surface area contributed by atoms with Crippen LogP contribution >= 0.6 is 23.2 Å². The lowest BCUT2D eigenvalue weighted by atomic mass is 9.91. The van der Waals surface area contributed by atoms with E-state index in [1.165, 1.54) is 34.6 Å². The third-order valence-corrected chi connectivity index (χ3v) is 7.17. The minimum Gasteiger partial charge on any atom is -0.207 e. The van der Waals surface area contributed by atoms with Crippen molar-refractivity contribution in [3.63, 3.8) is 0 Å². The van der Waals surface area contributed by atoms with Crippen LogP contribution in [0.3, 0.4) is 0 Å². The normalized spacial score (nSPS) is 17.0. The number of halogens is 5. The monoisotopic (exact) mass is 451 g/mol. The molecular weight excluding hydrogens is 434 g/mol.